The zero-order valence-electron chi connectivity index (χ0n) is 11.7. The largest absolute Gasteiger partial charge is 0.356 e. The van der Waals surface area contributed by atoms with Gasteiger partial charge >= 0.3 is 0 Å². The summed E-state index contributed by atoms with van der Waals surface area (Å²) in [6.07, 6.45) is 10.9. The van der Waals surface area contributed by atoms with Gasteiger partial charge in [-0.2, -0.15) is 0 Å². The Morgan fingerprint density at radius 2 is 2.33 bits per heavy atom. The highest BCUT2D eigenvalue weighted by atomic mass is 16.1. The molecule has 1 aliphatic carbocycles. The van der Waals surface area contributed by atoms with Gasteiger partial charge in [0, 0.05) is 13.0 Å². The van der Waals surface area contributed by atoms with Gasteiger partial charge in [0.2, 0.25) is 5.91 Å². The summed E-state index contributed by atoms with van der Waals surface area (Å²) in [6, 6.07) is 0. The van der Waals surface area contributed by atoms with Crippen LogP contribution in [-0.2, 0) is 4.79 Å². The third-order valence-corrected chi connectivity index (χ3v) is 3.84. The Balaban J connectivity index is 2.05. The van der Waals surface area contributed by atoms with Crippen LogP contribution in [0.1, 0.15) is 58.3 Å². The van der Waals surface area contributed by atoms with E-state index in [1.165, 1.54) is 24.8 Å². The SMILES string of the molecule is CCC(CCN)CCC(=O)NCCC1=CCCC1. The molecular formula is C15H28N2O. The Morgan fingerprint density at radius 3 is 2.94 bits per heavy atom. The van der Waals surface area contributed by atoms with Crippen LogP contribution in [0.5, 0.6) is 0 Å². The summed E-state index contributed by atoms with van der Waals surface area (Å²) in [5, 5.41) is 3.02. The first-order chi connectivity index (χ1) is 8.76. The Labute approximate surface area is 111 Å². The molecule has 0 saturated carbocycles. The predicted molar refractivity (Wildman–Crippen MR) is 76.2 cm³/mol. The maximum atomic E-state index is 11.7. The van der Waals surface area contributed by atoms with E-state index in [1.54, 1.807) is 0 Å². The lowest BCUT2D eigenvalue weighted by molar-refractivity contribution is -0.121. The standard InChI is InChI=1S/C15H28N2O/c1-2-13(9-11-16)7-8-15(18)17-12-10-14-5-3-4-6-14/h5,13H,2-4,6-12,16H2,1H3,(H,17,18). The normalized spacial score (nSPS) is 16.4. The minimum Gasteiger partial charge on any atom is -0.356 e. The zero-order chi connectivity index (χ0) is 13.2. The van der Waals surface area contributed by atoms with Crippen LogP contribution in [0.3, 0.4) is 0 Å². The van der Waals surface area contributed by atoms with Crippen molar-refractivity contribution in [2.45, 2.75) is 58.3 Å². The van der Waals surface area contributed by atoms with E-state index in [4.69, 9.17) is 5.73 Å². The second kappa shape index (κ2) is 9.15. The molecule has 0 aliphatic heterocycles. The molecular weight excluding hydrogens is 224 g/mol. The topological polar surface area (TPSA) is 55.1 Å². The molecule has 1 aliphatic rings. The summed E-state index contributed by atoms with van der Waals surface area (Å²) in [5.41, 5.74) is 7.07. The fourth-order valence-electron chi connectivity index (χ4n) is 2.54. The van der Waals surface area contributed by atoms with Gasteiger partial charge in [-0.15, -0.1) is 0 Å². The first-order valence-electron chi connectivity index (χ1n) is 7.41. The van der Waals surface area contributed by atoms with E-state index < -0.39 is 0 Å². The second-order valence-electron chi connectivity index (χ2n) is 5.24. The van der Waals surface area contributed by atoms with Crippen molar-refractivity contribution in [3.63, 3.8) is 0 Å². The van der Waals surface area contributed by atoms with Crippen LogP contribution in [0.4, 0.5) is 0 Å². The number of hydrogen-bond donors (Lipinski definition) is 2. The maximum Gasteiger partial charge on any atom is 0.220 e. The highest BCUT2D eigenvalue weighted by Crippen LogP contribution is 2.19. The van der Waals surface area contributed by atoms with E-state index in [2.05, 4.69) is 18.3 Å². The van der Waals surface area contributed by atoms with Crippen LogP contribution < -0.4 is 11.1 Å². The molecule has 0 spiro atoms. The molecule has 3 nitrogen and oxygen atoms in total. The molecule has 104 valence electrons. The summed E-state index contributed by atoms with van der Waals surface area (Å²) in [5.74, 6) is 0.808. The number of hydrogen-bond acceptors (Lipinski definition) is 2. The Hall–Kier alpha value is -0.830. The Kier molecular flexibility index (Phi) is 7.74. The first kappa shape index (κ1) is 15.2. The molecule has 0 bridgehead atoms. The van der Waals surface area contributed by atoms with Crippen molar-refractivity contribution < 1.29 is 4.79 Å². The molecule has 3 heteroatoms. The summed E-state index contributed by atoms with van der Waals surface area (Å²) < 4.78 is 0. The van der Waals surface area contributed by atoms with E-state index in [1.807, 2.05) is 0 Å². The van der Waals surface area contributed by atoms with Gasteiger partial charge in [0.15, 0.2) is 0 Å². The minimum atomic E-state index is 0.198. The quantitative estimate of drug-likeness (QED) is 0.620. The van der Waals surface area contributed by atoms with Crippen LogP contribution in [0.2, 0.25) is 0 Å². The van der Waals surface area contributed by atoms with Crippen molar-refractivity contribution in [2.24, 2.45) is 11.7 Å². The first-order valence-corrected chi connectivity index (χ1v) is 7.41. The third kappa shape index (κ3) is 6.20. The van der Waals surface area contributed by atoms with Gasteiger partial charge in [0.1, 0.15) is 0 Å². The fourth-order valence-corrected chi connectivity index (χ4v) is 2.54. The molecule has 1 rings (SSSR count). The summed E-state index contributed by atoms with van der Waals surface area (Å²) >= 11 is 0. The van der Waals surface area contributed by atoms with E-state index in [9.17, 15) is 4.79 Å². The van der Waals surface area contributed by atoms with Gasteiger partial charge in [-0.3, -0.25) is 4.79 Å². The van der Waals surface area contributed by atoms with Gasteiger partial charge < -0.3 is 11.1 Å². The van der Waals surface area contributed by atoms with Crippen LogP contribution in [0.25, 0.3) is 0 Å². The number of allylic oxidation sites excluding steroid dienone is 1. The van der Waals surface area contributed by atoms with Crippen LogP contribution >= 0.6 is 0 Å². The molecule has 18 heavy (non-hydrogen) atoms. The van der Waals surface area contributed by atoms with Crippen molar-refractivity contribution in [1.82, 2.24) is 5.32 Å². The minimum absolute atomic E-state index is 0.198. The average Bonchev–Trinajstić information content (AvgIpc) is 2.87. The van der Waals surface area contributed by atoms with Crippen LogP contribution in [-0.4, -0.2) is 19.0 Å². The van der Waals surface area contributed by atoms with E-state index in [0.29, 0.717) is 12.3 Å². The van der Waals surface area contributed by atoms with Gasteiger partial charge in [-0.05, 0) is 51.0 Å². The monoisotopic (exact) mass is 252 g/mol. The molecule has 0 saturated heterocycles. The number of carbonyl (C=O) groups is 1. The molecule has 0 heterocycles. The molecule has 0 radical (unpaired) electrons. The van der Waals surface area contributed by atoms with Gasteiger partial charge in [-0.25, -0.2) is 0 Å². The Bertz CT molecular complexity index is 274. The number of rotatable bonds is 9. The predicted octanol–water partition coefficient (Wildman–Crippen LogP) is 2.76. The molecule has 1 atom stereocenters. The van der Waals surface area contributed by atoms with E-state index in [-0.39, 0.29) is 5.91 Å². The molecule has 0 aromatic carbocycles. The summed E-state index contributed by atoms with van der Waals surface area (Å²) in [4.78, 5) is 11.7. The van der Waals surface area contributed by atoms with Crippen molar-refractivity contribution in [3.05, 3.63) is 11.6 Å². The van der Waals surface area contributed by atoms with Crippen molar-refractivity contribution in [2.75, 3.05) is 13.1 Å². The van der Waals surface area contributed by atoms with Gasteiger partial charge in [0.25, 0.3) is 0 Å². The summed E-state index contributed by atoms with van der Waals surface area (Å²) in [6.45, 7) is 3.71. The molecule has 0 aromatic rings. The van der Waals surface area contributed by atoms with E-state index in [0.717, 1.165) is 38.8 Å². The summed E-state index contributed by atoms with van der Waals surface area (Å²) in [7, 11) is 0. The molecule has 0 fully saturated rings. The van der Waals surface area contributed by atoms with Gasteiger partial charge in [-0.1, -0.05) is 25.0 Å². The van der Waals surface area contributed by atoms with Crippen molar-refractivity contribution in [1.29, 1.82) is 0 Å². The fraction of sp³-hybridized carbons (Fsp3) is 0.800. The average molecular weight is 252 g/mol. The maximum absolute atomic E-state index is 11.7. The highest BCUT2D eigenvalue weighted by Gasteiger charge is 2.09. The highest BCUT2D eigenvalue weighted by molar-refractivity contribution is 5.75. The molecule has 3 N–H and O–H groups in total. The number of amides is 1. The smallest absolute Gasteiger partial charge is 0.220 e. The van der Waals surface area contributed by atoms with Crippen LogP contribution in [0.15, 0.2) is 11.6 Å². The number of carbonyl (C=O) groups excluding carboxylic acids is 1. The molecule has 1 unspecified atom stereocenters. The lowest BCUT2D eigenvalue weighted by Gasteiger charge is -2.13. The van der Waals surface area contributed by atoms with Crippen LogP contribution in [0, 0.1) is 5.92 Å². The van der Waals surface area contributed by atoms with Crippen molar-refractivity contribution >= 4 is 5.91 Å². The molecule has 1 amide bonds. The van der Waals surface area contributed by atoms with Crippen molar-refractivity contribution in [3.8, 4) is 0 Å². The Morgan fingerprint density at radius 1 is 1.50 bits per heavy atom. The van der Waals surface area contributed by atoms with Gasteiger partial charge in [0.05, 0.1) is 0 Å². The van der Waals surface area contributed by atoms with E-state index >= 15 is 0 Å². The zero-order valence-corrected chi connectivity index (χ0v) is 11.7. The molecule has 0 aromatic heterocycles. The number of nitrogens with one attached hydrogen (secondary N) is 1. The lowest BCUT2D eigenvalue weighted by atomic mass is 9.96. The lowest BCUT2D eigenvalue weighted by Crippen LogP contribution is -2.25. The second-order valence-corrected chi connectivity index (χ2v) is 5.24. The third-order valence-electron chi connectivity index (χ3n) is 3.84. The number of nitrogens with two attached hydrogens (primary N) is 1.